The van der Waals surface area contributed by atoms with Gasteiger partial charge in [-0.25, -0.2) is 0 Å². The summed E-state index contributed by atoms with van der Waals surface area (Å²) in [5.74, 6) is 0. The first-order valence-corrected chi connectivity index (χ1v) is 4.46. The van der Waals surface area contributed by atoms with Gasteiger partial charge < -0.3 is 9.42 Å². The first kappa shape index (κ1) is 8.89. The maximum Gasteiger partial charge on any atom is 0.328 e. The Morgan fingerprint density at radius 3 is 2.78 bits per heavy atom. The zero-order valence-corrected chi connectivity index (χ0v) is 6.30. The molecule has 0 aromatic rings. The van der Waals surface area contributed by atoms with Crippen molar-refractivity contribution in [1.29, 1.82) is 0 Å². The largest absolute Gasteiger partial charge is 0.328 e. The highest BCUT2D eigenvalue weighted by molar-refractivity contribution is 7.52. The first-order valence-electron chi connectivity index (χ1n) is 2.69. The fraction of sp³-hybridized carbons (Fsp3) is 0.600. The van der Waals surface area contributed by atoms with Crippen molar-refractivity contribution in [2.45, 2.75) is 6.92 Å². The van der Waals surface area contributed by atoms with Gasteiger partial charge in [0.25, 0.3) is 0 Å². The summed E-state index contributed by atoms with van der Waals surface area (Å²) in [6, 6.07) is 0. The highest BCUT2D eigenvalue weighted by atomic mass is 31.2. The molecular formula is C5H11O3P. The van der Waals surface area contributed by atoms with Crippen molar-refractivity contribution < 1.29 is 14.0 Å². The second kappa shape index (κ2) is 3.83. The minimum absolute atomic E-state index is 0.140. The third kappa shape index (κ3) is 4.40. The van der Waals surface area contributed by atoms with Gasteiger partial charge in [0, 0.05) is 6.16 Å². The van der Waals surface area contributed by atoms with Crippen molar-refractivity contribution in [3.63, 3.8) is 0 Å². The third-order valence-corrected chi connectivity index (χ3v) is 2.15. The molecule has 1 N–H and O–H groups in total. The zero-order valence-electron chi connectivity index (χ0n) is 5.41. The minimum atomic E-state index is -3.26. The topological polar surface area (TPSA) is 46.5 Å². The fourth-order valence-corrected chi connectivity index (χ4v) is 0.781. The maximum atomic E-state index is 10.6. The van der Waals surface area contributed by atoms with Crippen LogP contribution in [0.3, 0.4) is 0 Å². The normalized spacial score (nSPS) is 16.7. The SMILES string of the molecule is C=CCOP(=O)(O)CC. The van der Waals surface area contributed by atoms with E-state index in [1.807, 2.05) is 0 Å². The number of hydrogen-bond acceptors (Lipinski definition) is 2. The average Bonchev–Trinajstić information content (AvgIpc) is 1.84. The van der Waals surface area contributed by atoms with Crippen molar-refractivity contribution in [2.75, 3.05) is 12.8 Å². The Labute approximate surface area is 54.9 Å². The predicted octanol–water partition coefficient (Wildman–Crippen LogP) is 1.39. The summed E-state index contributed by atoms with van der Waals surface area (Å²) >= 11 is 0. The van der Waals surface area contributed by atoms with Gasteiger partial charge in [0.1, 0.15) is 0 Å². The van der Waals surface area contributed by atoms with E-state index in [2.05, 4.69) is 11.1 Å². The molecule has 54 valence electrons. The standard InChI is InChI=1S/C5H11O3P/c1-3-5-8-9(6,7)4-2/h3H,1,4-5H2,2H3,(H,6,7). The summed E-state index contributed by atoms with van der Waals surface area (Å²) in [5, 5.41) is 0. The summed E-state index contributed by atoms with van der Waals surface area (Å²) in [6.45, 7) is 5.08. The molecule has 0 radical (unpaired) electrons. The van der Waals surface area contributed by atoms with Gasteiger partial charge in [0.15, 0.2) is 0 Å². The van der Waals surface area contributed by atoms with Crippen LogP contribution in [0.1, 0.15) is 6.92 Å². The van der Waals surface area contributed by atoms with Crippen LogP contribution in [0.4, 0.5) is 0 Å². The molecule has 0 saturated carbocycles. The van der Waals surface area contributed by atoms with E-state index in [0.29, 0.717) is 0 Å². The molecule has 0 bridgehead atoms. The molecule has 0 heterocycles. The third-order valence-electron chi connectivity index (χ3n) is 0.794. The molecule has 0 rings (SSSR count). The number of rotatable bonds is 4. The molecule has 0 aromatic heterocycles. The van der Waals surface area contributed by atoms with Gasteiger partial charge in [-0.05, 0) is 0 Å². The first-order chi connectivity index (χ1) is 4.12. The van der Waals surface area contributed by atoms with E-state index >= 15 is 0 Å². The lowest BCUT2D eigenvalue weighted by Crippen LogP contribution is -1.90. The summed E-state index contributed by atoms with van der Waals surface area (Å²) in [6.07, 6.45) is 1.60. The molecule has 0 amide bonds. The highest BCUT2D eigenvalue weighted by Crippen LogP contribution is 2.40. The lowest BCUT2D eigenvalue weighted by atomic mass is 10.7. The number of hydrogen-bond donors (Lipinski definition) is 1. The minimum Gasteiger partial charge on any atom is -0.324 e. The van der Waals surface area contributed by atoms with Crippen molar-refractivity contribution >= 4 is 7.60 Å². The van der Waals surface area contributed by atoms with E-state index in [0.717, 1.165) is 0 Å². The molecule has 0 saturated heterocycles. The van der Waals surface area contributed by atoms with Gasteiger partial charge in [0.2, 0.25) is 0 Å². The lowest BCUT2D eigenvalue weighted by Gasteiger charge is -2.05. The summed E-state index contributed by atoms with van der Waals surface area (Å²) in [5.41, 5.74) is 0. The Balaban J connectivity index is 3.58. The molecule has 0 aliphatic heterocycles. The van der Waals surface area contributed by atoms with Crippen LogP contribution in [-0.2, 0) is 9.09 Å². The molecule has 0 spiro atoms. The maximum absolute atomic E-state index is 10.6. The molecular weight excluding hydrogens is 139 g/mol. The van der Waals surface area contributed by atoms with E-state index in [1.165, 1.54) is 6.08 Å². The second-order valence-corrected chi connectivity index (χ2v) is 3.70. The smallest absolute Gasteiger partial charge is 0.324 e. The average molecular weight is 150 g/mol. The van der Waals surface area contributed by atoms with E-state index < -0.39 is 7.60 Å². The van der Waals surface area contributed by atoms with E-state index in [1.54, 1.807) is 6.92 Å². The van der Waals surface area contributed by atoms with Crippen LogP contribution in [0.15, 0.2) is 12.7 Å². The Morgan fingerprint density at radius 2 is 2.44 bits per heavy atom. The van der Waals surface area contributed by atoms with Crippen LogP contribution in [0.2, 0.25) is 0 Å². The van der Waals surface area contributed by atoms with Crippen molar-refractivity contribution in [1.82, 2.24) is 0 Å². The zero-order chi connectivity index (χ0) is 7.33. The Hall–Kier alpha value is -0.110. The van der Waals surface area contributed by atoms with Crippen molar-refractivity contribution in [3.8, 4) is 0 Å². The predicted molar refractivity (Wildman–Crippen MR) is 36.5 cm³/mol. The summed E-state index contributed by atoms with van der Waals surface area (Å²) < 4.78 is 15.1. The van der Waals surface area contributed by atoms with Gasteiger partial charge in [-0.1, -0.05) is 13.0 Å². The molecule has 1 unspecified atom stereocenters. The molecule has 1 atom stereocenters. The molecule has 9 heavy (non-hydrogen) atoms. The van der Waals surface area contributed by atoms with Gasteiger partial charge >= 0.3 is 7.60 Å². The summed E-state index contributed by atoms with van der Waals surface area (Å²) in [7, 11) is -3.26. The van der Waals surface area contributed by atoms with Crippen molar-refractivity contribution in [3.05, 3.63) is 12.7 Å². The highest BCUT2D eigenvalue weighted by Gasteiger charge is 2.13. The van der Waals surface area contributed by atoms with E-state index in [9.17, 15) is 4.57 Å². The quantitative estimate of drug-likeness (QED) is 0.486. The lowest BCUT2D eigenvalue weighted by molar-refractivity contribution is 0.288. The van der Waals surface area contributed by atoms with E-state index in [-0.39, 0.29) is 12.8 Å². The molecule has 3 nitrogen and oxygen atoms in total. The van der Waals surface area contributed by atoms with Crippen LogP contribution in [-0.4, -0.2) is 17.7 Å². The summed E-state index contributed by atoms with van der Waals surface area (Å²) in [4.78, 5) is 8.74. The second-order valence-electron chi connectivity index (χ2n) is 1.54. The van der Waals surface area contributed by atoms with Crippen molar-refractivity contribution in [2.24, 2.45) is 0 Å². The molecule has 0 aromatic carbocycles. The monoisotopic (exact) mass is 150 g/mol. The van der Waals surface area contributed by atoms with Crippen LogP contribution in [0.25, 0.3) is 0 Å². The molecule has 0 aliphatic rings. The van der Waals surface area contributed by atoms with Crippen LogP contribution in [0, 0.1) is 0 Å². The Morgan fingerprint density at radius 1 is 1.89 bits per heavy atom. The Kier molecular flexibility index (Phi) is 3.78. The molecule has 0 fully saturated rings. The molecule has 4 heteroatoms. The molecule has 0 aliphatic carbocycles. The van der Waals surface area contributed by atoms with Gasteiger partial charge in [-0.15, -0.1) is 6.58 Å². The van der Waals surface area contributed by atoms with E-state index in [4.69, 9.17) is 4.89 Å². The Bertz CT molecular complexity index is 132. The fourth-order valence-electron chi connectivity index (χ4n) is 0.260. The van der Waals surface area contributed by atoms with Crippen LogP contribution in [0.5, 0.6) is 0 Å². The van der Waals surface area contributed by atoms with Crippen LogP contribution < -0.4 is 0 Å². The van der Waals surface area contributed by atoms with Crippen LogP contribution >= 0.6 is 7.60 Å². The van der Waals surface area contributed by atoms with Gasteiger partial charge in [0.05, 0.1) is 6.61 Å². The van der Waals surface area contributed by atoms with Gasteiger partial charge in [-0.3, -0.25) is 4.57 Å². The van der Waals surface area contributed by atoms with Gasteiger partial charge in [-0.2, -0.15) is 0 Å².